The fourth-order valence-electron chi connectivity index (χ4n) is 1.65. The Balaban J connectivity index is 1.86. The highest BCUT2D eigenvalue weighted by molar-refractivity contribution is 7.99. The van der Waals surface area contributed by atoms with Gasteiger partial charge in [0.05, 0.1) is 17.1 Å². The first kappa shape index (κ1) is 15.1. The highest BCUT2D eigenvalue weighted by Gasteiger charge is 2.15. The van der Waals surface area contributed by atoms with Crippen molar-refractivity contribution in [3.8, 4) is 0 Å². The minimum Gasteiger partial charge on any atom is -0.361 e. The van der Waals surface area contributed by atoms with E-state index in [2.05, 4.69) is 10.1 Å². The zero-order valence-corrected chi connectivity index (χ0v) is 13.6. The van der Waals surface area contributed by atoms with Crippen LogP contribution in [0, 0.1) is 20.8 Å². The van der Waals surface area contributed by atoms with Crippen molar-refractivity contribution in [3.05, 3.63) is 28.1 Å². The molecular formula is C13H17N3O2S2. The van der Waals surface area contributed by atoms with Crippen LogP contribution in [0.2, 0.25) is 0 Å². The third-order valence-electron chi connectivity index (χ3n) is 2.92. The SMILES string of the molecule is Cc1csc(N(C)C(=O)CSCc2c(C)noc2C)n1. The minimum atomic E-state index is 0.0520. The molecule has 0 saturated carbocycles. The average Bonchev–Trinajstić information content (AvgIpc) is 2.97. The van der Waals surface area contributed by atoms with Gasteiger partial charge >= 0.3 is 0 Å². The van der Waals surface area contributed by atoms with Crippen LogP contribution in [0.3, 0.4) is 0 Å². The molecule has 0 spiro atoms. The van der Waals surface area contributed by atoms with E-state index in [1.165, 1.54) is 11.3 Å². The molecule has 0 aliphatic heterocycles. The summed E-state index contributed by atoms with van der Waals surface area (Å²) >= 11 is 3.04. The zero-order valence-electron chi connectivity index (χ0n) is 12.0. The summed E-state index contributed by atoms with van der Waals surface area (Å²) in [6.45, 7) is 5.73. The molecule has 2 rings (SSSR count). The number of aryl methyl sites for hydroxylation is 3. The van der Waals surface area contributed by atoms with Gasteiger partial charge in [-0.1, -0.05) is 5.16 Å². The first-order valence-corrected chi connectivity index (χ1v) is 8.20. The number of thioether (sulfide) groups is 1. The van der Waals surface area contributed by atoms with Crippen molar-refractivity contribution in [2.24, 2.45) is 0 Å². The summed E-state index contributed by atoms with van der Waals surface area (Å²) in [7, 11) is 1.76. The topological polar surface area (TPSA) is 59.2 Å². The van der Waals surface area contributed by atoms with Crippen molar-refractivity contribution < 1.29 is 9.32 Å². The van der Waals surface area contributed by atoms with Crippen molar-refractivity contribution in [1.82, 2.24) is 10.1 Å². The van der Waals surface area contributed by atoms with Crippen LogP contribution in [0.5, 0.6) is 0 Å². The van der Waals surface area contributed by atoms with E-state index in [1.54, 1.807) is 23.7 Å². The Morgan fingerprint density at radius 1 is 1.45 bits per heavy atom. The molecule has 0 fully saturated rings. The lowest BCUT2D eigenvalue weighted by Gasteiger charge is -2.13. The Bertz CT molecular complexity index is 587. The average molecular weight is 311 g/mol. The summed E-state index contributed by atoms with van der Waals surface area (Å²) in [5, 5.41) is 6.59. The van der Waals surface area contributed by atoms with E-state index in [0.717, 1.165) is 33.6 Å². The normalized spacial score (nSPS) is 10.8. The highest BCUT2D eigenvalue weighted by atomic mass is 32.2. The number of anilines is 1. The summed E-state index contributed by atoms with van der Waals surface area (Å²) in [6, 6.07) is 0. The van der Waals surface area contributed by atoms with E-state index in [1.807, 2.05) is 26.2 Å². The van der Waals surface area contributed by atoms with Crippen LogP contribution in [0.4, 0.5) is 5.13 Å². The maximum absolute atomic E-state index is 12.1. The summed E-state index contributed by atoms with van der Waals surface area (Å²) < 4.78 is 5.11. The van der Waals surface area contributed by atoms with Gasteiger partial charge in [0.1, 0.15) is 5.76 Å². The number of carbonyl (C=O) groups excluding carboxylic acids is 1. The largest absolute Gasteiger partial charge is 0.361 e. The van der Waals surface area contributed by atoms with Gasteiger partial charge in [0, 0.05) is 23.7 Å². The summed E-state index contributed by atoms with van der Waals surface area (Å²) in [4.78, 5) is 18.0. The second-order valence-corrected chi connectivity index (χ2v) is 6.34. The Kier molecular flexibility index (Phi) is 4.82. The fraction of sp³-hybridized carbons (Fsp3) is 0.462. The smallest absolute Gasteiger partial charge is 0.238 e. The first-order valence-electron chi connectivity index (χ1n) is 6.17. The van der Waals surface area contributed by atoms with E-state index in [-0.39, 0.29) is 5.91 Å². The molecule has 0 aromatic carbocycles. The molecule has 0 aliphatic carbocycles. The molecule has 0 radical (unpaired) electrons. The van der Waals surface area contributed by atoms with Gasteiger partial charge in [0.2, 0.25) is 5.91 Å². The van der Waals surface area contributed by atoms with E-state index >= 15 is 0 Å². The van der Waals surface area contributed by atoms with Crippen LogP contribution in [-0.2, 0) is 10.5 Å². The van der Waals surface area contributed by atoms with Crippen molar-refractivity contribution >= 4 is 34.1 Å². The van der Waals surface area contributed by atoms with Crippen molar-refractivity contribution in [2.75, 3.05) is 17.7 Å². The molecule has 7 heteroatoms. The number of hydrogen-bond acceptors (Lipinski definition) is 6. The quantitative estimate of drug-likeness (QED) is 0.849. The van der Waals surface area contributed by atoms with Gasteiger partial charge in [-0.3, -0.25) is 9.69 Å². The second-order valence-electron chi connectivity index (χ2n) is 4.52. The predicted molar refractivity (Wildman–Crippen MR) is 82.4 cm³/mol. The number of hydrogen-bond donors (Lipinski definition) is 0. The molecular weight excluding hydrogens is 294 g/mol. The first-order chi connectivity index (χ1) is 9.49. The third kappa shape index (κ3) is 3.40. The van der Waals surface area contributed by atoms with Gasteiger partial charge in [0.15, 0.2) is 5.13 Å². The maximum Gasteiger partial charge on any atom is 0.238 e. The summed E-state index contributed by atoms with van der Waals surface area (Å²) in [5.41, 5.74) is 2.91. The zero-order chi connectivity index (χ0) is 14.7. The van der Waals surface area contributed by atoms with Crippen LogP contribution < -0.4 is 4.90 Å². The maximum atomic E-state index is 12.1. The lowest BCUT2D eigenvalue weighted by molar-refractivity contribution is -0.115. The van der Waals surface area contributed by atoms with Gasteiger partial charge in [-0.25, -0.2) is 4.98 Å². The van der Waals surface area contributed by atoms with Crippen LogP contribution in [-0.4, -0.2) is 28.8 Å². The predicted octanol–water partition coefficient (Wildman–Crippen LogP) is 2.95. The standard InChI is InChI=1S/C13H17N3O2S2/c1-8-5-20-13(14-8)16(4)12(17)7-19-6-11-9(2)15-18-10(11)3/h5H,6-7H2,1-4H3. The second kappa shape index (κ2) is 6.41. The number of nitrogens with zero attached hydrogens (tertiary/aromatic N) is 3. The number of rotatable bonds is 5. The summed E-state index contributed by atoms with van der Waals surface area (Å²) in [6.07, 6.45) is 0. The fourth-order valence-corrected chi connectivity index (χ4v) is 3.52. The lowest BCUT2D eigenvalue weighted by atomic mass is 10.2. The molecule has 0 bridgehead atoms. The molecule has 5 nitrogen and oxygen atoms in total. The van der Waals surface area contributed by atoms with Crippen LogP contribution in [0.15, 0.2) is 9.90 Å². The van der Waals surface area contributed by atoms with Crippen molar-refractivity contribution in [1.29, 1.82) is 0 Å². The highest BCUT2D eigenvalue weighted by Crippen LogP contribution is 2.22. The molecule has 0 aliphatic rings. The number of aromatic nitrogens is 2. The molecule has 2 heterocycles. The van der Waals surface area contributed by atoms with Crippen molar-refractivity contribution in [2.45, 2.75) is 26.5 Å². The monoisotopic (exact) mass is 311 g/mol. The van der Waals surface area contributed by atoms with Gasteiger partial charge < -0.3 is 4.52 Å². The van der Waals surface area contributed by atoms with E-state index in [4.69, 9.17) is 4.52 Å². The lowest BCUT2D eigenvalue weighted by Crippen LogP contribution is -2.27. The number of thiazole rings is 1. The molecule has 2 aromatic heterocycles. The Morgan fingerprint density at radius 2 is 2.20 bits per heavy atom. The molecule has 108 valence electrons. The van der Waals surface area contributed by atoms with E-state index in [9.17, 15) is 4.79 Å². The minimum absolute atomic E-state index is 0.0520. The molecule has 0 saturated heterocycles. The molecule has 0 N–H and O–H groups in total. The van der Waals surface area contributed by atoms with E-state index < -0.39 is 0 Å². The van der Waals surface area contributed by atoms with Gasteiger partial charge in [0.25, 0.3) is 0 Å². The third-order valence-corrected chi connectivity index (χ3v) is 4.90. The Hall–Kier alpha value is -1.34. The van der Waals surface area contributed by atoms with Crippen LogP contribution in [0.1, 0.15) is 22.7 Å². The molecule has 0 atom stereocenters. The number of carbonyl (C=O) groups is 1. The number of amides is 1. The van der Waals surface area contributed by atoms with E-state index in [0.29, 0.717) is 5.75 Å². The molecule has 2 aromatic rings. The molecule has 0 unspecified atom stereocenters. The van der Waals surface area contributed by atoms with Gasteiger partial charge in [-0.15, -0.1) is 23.1 Å². The van der Waals surface area contributed by atoms with Gasteiger partial charge in [-0.05, 0) is 20.8 Å². The Morgan fingerprint density at radius 3 is 2.75 bits per heavy atom. The van der Waals surface area contributed by atoms with Crippen molar-refractivity contribution in [3.63, 3.8) is 0 Å². The van der Waals surface area contributed by atoms with Crippen LogP contribution in [0.25, 0.3) is 0 Å². The summed E-state index contributed by atoms with van der Waals surface area (Å²) in [5.74, 6) is 2.03. The molecule has 20 heavy (non-hydrogen) atoms. The molecule has 1 amide bonds. The Labute approximate surface area is 126 Å². The van der Waals surface area contributed by atoms with Crippen LogP contribution >= 0.6 is 23.1 Å². The van der Waals surface area contributed by atoms with Gasteiger partial charge in [-0.2, -0.15) is 0 Å².